The summed E-state index contributed by atoms with van der Waals surface area (Å²) in [6.07, 6.45) is 3.10. The molecule has 1 fully saturated rings. The molecule has 1 aromatic rings. The second-order valence-corrected chi connectivity index (χ2v) is 3.74. The third kappa shape index (κ3) is 2.37. The lowest BCUT2D eigenvalue weighted by Crippen LogP contribution is -2.48. The average Bonchev–Trinajstić information content (AvgIpc) is 2.30. The van der Waals surface area contributed by atoms with Gasteiger partial charge in [-0.05, 0) is 0 Å². The van der Waals surface area contributed by atoms with Gasteiger partial charge < -0.3 is 14.7 Å². The molecule has 1 aromatic heterocycles. The molecule has 0 amide bonds. The van der Waals surface area contributed by atoms with Crippen molar-refractivity contribution in [3.63, 3.8) is 0 Å². The number of aromatic nitrogens is 2. The van der Waals surface area contributed by atoms with Gasteiger partial charge in [0.15, 0.2) is 0 Å². The molecule has 1 aliphatic rings. The van der Waals surface area contributed by atoms with Gasteiger partial charge in [-0.2, -0.15) is 0 Å². The predicted octanol–water partition coefficient (Wildman–Crippen LogP) is 0.327. The molecule has 6 heteroatoms. The highest BCUT2D eigenvalue weighted by Gasteiger charge is 2.24. The van der Waals surface area contributed by atoms with Crippen LogP contribution in [-0.2, 0) is 4.74 Å². The number of aliphatic hydroxyl groups is 1. The largest absolute Gasteiger partial charge is 0.394 e. The molecule has 0 spiro atoms. The van der Waals surface area contributed by atoms with Gasteiger partial charge in [-0.15, -0.1) is 0 Å². The quantitative estimate of drug-likeness (QED) is 0.792. The van der Waals surface area contributed by atoms with Crippen molar-refractivity contribution in [2.45, 2.75) is 6.04 Å². The number of rotatable bonds is 2. The third-order valence-corrected chi connectivity index (χ3v) is 2.50. The molecule has 15 heavy (non-hydrogen) atoms. The Bertz CT molecular complexity index is 320. The van der Waals surface area contributed by atoms with Gasteiger partial charge in [-0.25, -0.2) is 9.97 Å². The van der Waals surface area contributed by atoms with Crippen LogP contribution in [0, 0.1) is 0 Å². The van der Waals surface area contributed by atoms with E-state index in [-0.39, 0.29) is 12.6 Å². The second kappa shape index (κ2) is 4.74. The van der Waals surface area contributed by atoms with Gasteiger partial charge in [0, 0.05) is 6.54 Å². The van der Waals surface area contributed by atoms with Crippen molar-refractivity contribution in [1.29, 1.82) is 0 Å². The van der Waals surface area contributed by atoms with Crippen LogP contribution in [0.5, 0.6) is 0 Å². The van der Waals surface area contributed by atoms with Gasteiger partial charge in [0.1, 0.15) is 0 Å². The lowest BCUT2D eigenvalue weighted by atomic mass is 10.2. The Morgan fingerprint density at radius 2 is 2.27 bits per heavy atom. The highest BCUT2D eigenvalue weighted by atomic mass is 35.5. The molecule has 1 saturated heterocycles. The molecule has 1 aliphatic heterocycles. The molecule has 2 rings (SSSR count). The van der Waals surface area contributed by atoms with E-state index in [9.17, 15) is 5.11 Å². The summed E-state index contributed by atoms with van der Waals surface area (Å²) in [5, 5.41) is 9.68. The Kier molecular flexibility index (Phi) is 3.35. The van der Waals surface area contributed by atoms with Crippen molar-refractivity contribution in [3.8, 4) is 0 Å². The summed E-state index contributed by atoms with van der Waals surface area (Å²) < 4.78 is 5.27. The fourth-order valence-electron chi connectivity index (χ4n) is 1.52. The molecule has 82 valence electrons. The summed E-state index contributed by atoms with van der Waals surface area (Å²) in [6, 6.07) is -0.0695. The van der Waals surface area contributed by atoms with Gasteiger partial charge in [0.25, 0.3) is 0 Å². The minimum absolute atomic E-state index is 0.0337. The minimum Gasteiger partial charge on any atom is -0.394 e. The summed E-state index contributed by atoms with van der Waals surface area (Å²) in [4.78, 5) is 10.2. The number of aliphatic hydroxyl groups excluding tert-OH is 1. The van der Waals surface area contributed by atoms with E-state index < -0.39 is 0 Å². The van der Waals surface area contributed by atoms with Gasteiger partial charge in [0.05, 0.1) is 43.3 Å². The molecule has 0 bridgehead atoms. The highest BCUT2D eigenvalue weighted by molar-refractivity contribution is 6.30. The summed E-state index contributed by atoms with van der Waals surface area (Å²) in [7, 11) is 0. The molecule has 1 atom stereocenters. The maximum absolute atomic E-state index is 9.17. The number of hydrogen-bond donors (Lipinski definition) is 1. The van der Waals surface area contributed by atoms with Crippen LogP contribution in [-0.4, -0.2) is 47.5 Å². The zero-order valence-corrected chi connectivity index (χ0v) is 8.89. The summed E-state index contributed by atoms with van der Waals surface area (Å²) in [5.74, 6) is 0.585. The van der Waals surface area contributed by atoms with E-state index in [2.05, 4.69) is 9.97 Å². The zero-order valence-electron chi connectivity index (χ0n) is 8.14. The monoisotopic (exact) mass is 229 g/mol. The number of nitrogens with zero attached hydrogens (tertiary/aromatic N) is 3. The standard InChI is InChI=1S/C9H12ClN3O2/c10-7-3-11-9(12-4-7)13-1-2-15-6-8(13)5-14/h3-4,8,14H,1-2,5-6H2. The number of morpholine rings is 1. The fourth-order valence-corrected chi connectivity index (χ4v) is 1.62. The first-order valence-electron chi connectivity index (χ1n) is 4.74. The van der Waals surface area contributed by atoms with Crippen LogP contribution in [0.4, 0.5) is 5.95 Å². The van der Waals surface area contributed by atoms with E-state index in [0.717, 1.165) is 0 Å². The molecule has 1 unspecified atom stereocenters. The van der Waals surface area contributed by atoms with Gasteiger partial charge in [0.2, 0.25) is 5.95 Å². The van der Waals surface area contributed by atoms with Gasteiger partial charge >= 0.3 is 0 Å². The minimum atomic E-state index is -0.0695. The highest BCUT2D eigenvalue weighted by Crippen LogP contribution is 2.15. The lowest BCUT2D eigenvalue weighted by Gasteiger charge is -2.34. The predicted molar refractivity (Wildman–Crippen MR) is 56.1 cm³/mol. The second-order valence-electron chi connectivity index (χ2n) is 3.31. The Labute approximate surface area is 92.7 Å². The van der Waals surface area contributed by atoms with Crippen LogP contribution in [0.1, 0.15) is 0 Å². The third-order valence-electron chi connectivity index (χ3n) is 2.30. The van der Waals surface area contributed by atoms with E-state index >= 15 is 0 Å². The molecule has 1 N–H and O–H groups in total. The SMILES string of the molecule is OCC1COCCN1c1ncc(Cl)cn1. The summed E-state index contributed by atoms with van der Waals surface area (Å²) >= 11 is 5.70. The molecule has 0 saturated carbocycles. The molecule has 0 aromatic carbocycles. The van der Waals surface area contributed by atoms with Gasteiger partial charge in [-0.1, -0.05) is 11.6 Å². The zero-order chi connectivity index (χ0) is 10.7. The lowest BCUT2D eigenvalue weighted by molar-refractivity contribution is 0.0718. The van der Waals surface area contributed by atoms with Crippen molar-refractivity contribution in [2.24, 2.45) is 0 Å². The van der Waals surface area contributed by atoms with Crippen LogP contribution in [0.25, 0.3) is 0 Å². The molecule has 5 nitrogen and oxygen atoms in total. The van der Waals surface area contributed by atoms with E-state index in [0.29, 0.717) is 30.7 Å². The first-order chi connectivity index (χ1) is 7.31. The molecular formula is C9H12ClN3O2. The van der Waals surface area contributed by atoms with E-state index in [1.807, 2.05) is 4.90 Å². The Morgan fingerprint density at radius 1 is 1.53 bits per heavy atom. The number of ether oxygens (including phenoxy) is 1. The van der Waals surface area contributed by atoms with E-state index in [4.69, 9.17) is 16.3 Å². The van der Waals surface area contributed by atoms with E-state index in [1.54, 1.807) is 12.4 Å². The Hall–Kier alpha value is -0.910. The van der Waals surface area contributed by atoms with Crippen LogP contribution in [0.2, 0.25) is 5.02 Å². The number of anilines is 1. The van der Waals surface area contributed by atoms with Crippen LogP contribution >= 0.6 is 11.6 Å². The molecule has 2 heterocycles. The maximum atomic E-state index is 9.17. The average molecular weight is 230 g/mol. The first kappa shape index (κ1) is 10.6. The van der Waals surface area contributed by atoms with Crippen molar-refractivity contribution in [3.05, 3.63) is 17.4 Å². The topological polar surface area (TPSA) is 58.5 Å². The smallest absolute Gasteiger partial charge is 0.225 e. The van der Waals surface area contributed by atoms with Crippen molar-refractivity contribution in [2.75, 3.05) is 31.3 Å². The van der Waals surface area contributed by atoms with Crippen molar-refractivity contribution >= 4 is 17.5 Å². The Balaban J connectivity index is 2.16. The van der Waals surface area contributed by atoms with Crippen LogP contribution in [0.15, 0.2) is 12.4 Å². The number of hydrogen-bond acceptors (Lipinski definition) is 5. The van der Waals surface area contributed by atoms with Gasteiger partial charge in [-0.3, -0.25) is 0 Å². The van der Waals surface area contributed by atoms with Crippen LogP contribution in [0.3, 0.4) is 0 Å². The summed E-state index contributed by atoms with van der Waals surface area (Å²) in [6.45, 7) is 1.85. The molecular weight excluding hydrogens is 218 g/mol. The normalized spacial score (nSPS) is 21.7. The molecule has 0 aliphatic carbocycles. The summed E-state index contributed by atoms with van der Waals surface area (Å²) in [5.41, 5.74) is 0. The fraction of sp³-hybridized carbons (Fsp3) is 0.556. The first-order valence-corrected chi connectivity index (χ1v) is 5.12. The van der Waals surface area contributed by atoms with Crippen molar-refractivity contribution < 1.29 is 9.84 Å². The van der Waals surface area contributed by atoms with Crippen molar-refractivity contribution in [1.82, 2.24) is 9.97 Å². The maximum Gasteiger partial charge on any atom is 0.225 e. The number of halogens is 1. The molecule has 0 radical (unpaired) electrons. The van der Waals surface area contributed by atoms with E-state index in [1.165, 1.54) is 0 Å². The van der Waals surface area contributed by atoms with Crippen LogP contribution < -0.4 is 4.90 Å². The Morgan fingerprint density at radius 3 is 2.93 bits per heavy atom.